The standard InChI is InChI=1S/C19H27NO/c21-18(11-16-20-14-7-2-8-15-20)19(12-5-6-13-19)17-9-3-1-4-10-17/h1,3-4,9-10H,2,5-8,11-16H2. The monoisotopic (exact) mass is 285 g/mol. The molecule has 2 fully saturated rings. The minimum absolute atomic E-state index is 0.170. The van der Waals surface area contributed by atoms with Gasteiger partial charge in [0.05, 0.1) is 5.41 Å². The van der Waals surface area contributed by atoms with Crippen molar-refractivity contribution in [3.63, 3.8) is 0 Å². The normalized spacial score (nSPS) is 22.3. The number of benzene rings is 1. The van der Waals surface area contributed by atoms with Gasteiger partial charge >= 0.3 is 0 Å². The van der Waals surface area contributed by atoms with E-state index >= 15 is 0 Å². The third-order valence-corrected chi connectivity index (χ3v) is 5.42. The summed E-state index contributed by atoms with van der Waals surface area (Å²) in [4.78, 5) is 15.5. The van der Waals surface area contributed by atoms with E-state index in [1.54, 1.807) is 0 Å². The zero-order chi connectivity index (χ0) is 14.5. The van der Waals surface area contributed by atoms with E-state index in [2.05, 4.69) is 29.2 Å². The molecule has 0 aromatic heterocycles. The smallest absolute Gasteiger partial charge is 0.144 e. The lowest BCUT2D eigenvalue weighted by Gasteiger charge is -2.31. The number of piperidine rings is 1. The van der Waals surface area contributed by atoms with E-state index in [4.69, 9.17) is 0 Å². The fourth-order valence-electron chi connectivity index (χ4n) is 4.15. The Morgan fingerprint density at radius 3 is 2.29 bits per heavy atom. The topological polar surface area (TPSA) is 20.3 Å². The lowest BCUT2D eigenvalue weighted by atomic mass is 9.74. The first-order valence-corrected chi connectivity index (χ1v) is 8.62. The van der Waals surface area contributed by atoms with Crippen molar-refractivity contribution in [3.8, 4) is 0 Å². The molecule has 2 aliphatic rings. The molecule has 0 amide bonds. The molecule has 0 radical (unpaired) electrons. The second kappa shape index (κ2) is 6.74. The van der Waals surface area contributed by atoms with E-state index in [1.807, 2.05) is 6.07 Å². The van der Waals surface area contributed by atoms with Crippen LogP contribution in [0.25, 0.3) is 0 Å². The molecule has 0 unspecified atom stereocenters. The fourth-order valence-corrected chi connectivity index (χ4v) is 4.15. The number of carbonyl (C=O) groups is 1. The Balaban J connectivity index is 1.67. The van der Waals surface area contributed by atoms with Crippen molar-refractivity contribution in [2.24, 2.45) is 0 Å². The highest BCUT2D eigenvalue weighted by atomic mass is 16.1. The van der Waals surface area contributed by atoms with Crippen LogP contribution in [0.4, 0.5) is 0 Å². The summed E-state index contributed by atoms with van der Waals surface area (Å²) in [6.45, 7) is 3.34. The maximum Gasteiger partial charge on any atom is 0.144 e. The third-order valence-electron chi connectivity index (χ3n) is 5.42. The molecule has 1 saturated carbocycles. The van der Waals surface area contributed by atoms with Crippen molar-refractivity contribution in [1.82, 2.24) is 4.90 Å². The molecule has 114 valence electrons. The summed E-state index contributed by atoms with van der Waals surface area (Å²) < 4.78 is 0. The molecule has 0 spiro atoms. The number of carbonyl (C=O) groups excluding carboxylic acids is 1. The quantitative estimate of drug-likeness (QED) is 0.816. The molecule has 1 aliphatic heterocycles. The fraction of sp³-hybridized carbons (Fsp3) is 0.632. The molecule has 0 N–H and O–H groups in total. The summed E-state index contributed by atoms with van der Waals surface area (Å²) in [5.41, 5.74) is 1.09. The van der Waals surface area contributed by atoms with Gasteiger partial charge in [0, 0.05) is 13.0 Å². The van der Waals surface area contributed by atoms with E-state index in [9.17, 15) is 4.79 Å². The minimum Gasteiger partial charge on any atom is -0.303 e. The van der Waals surface area contributed by atoms with E-state index in [-0.39, 0.29) is 5.41 Å². The van der Waals surface area contributed by atoms with Crippen LogP contribution in [0.15, 0.2) is 30.3 Å². The van der Waals surface area contributed by atoms with Crippen molar-refractivity contribution < 1.29 is 4.79 Å². The van der Waals surface area contributed by atoms with E-state index < -0.39 is 0 Å². The molecule has 2 nitrogen and oxygen atoms in total. The number of rotatable bonds is 5. The molecular weight excluding hydrogens is 258 g/mol. The van der Waals surface area contributed by atoms with Gasteiger partial charge in [-0.1, -0.05) is 49.6 Å². The number of hydrogen-bond donors (Lipinski definition) is 0. The van der Waals surface area contributed by atoms with Crippen molar-refractivity contribution >= 4 is 5.78 Å². The van der Waals surface area contributed by atoms with Crippen molar-refractivity contribution in [3.05, 3.63) is 35.9 Å². The van der Waals surface area contributed by atoms with Crippen molar-refractivity contribution in [1.29, 1.82) is 0 Å². The highest BCUT2D eigenvalue weighted by Crippen LogP contribution is 2.42. The Kier molecular flexibility index (Phi) is 4.74. The second-order valence-corrected chi connectivity index (χ2v) is 6.73. The molecule has 1 aromatic rings. The Bertz CT molecular complexity index is 456. The van der Waals surface area contributed by atoms with Crippen LogP contribution < -0.4 is 0 Å². The number of Topliss-reactive ketones (excluding diaryl/α,β-unsaturated/α-hetero) is 1. The summed E-state index contributed by atoms with van der Waals surface area (Å²) in [6, 6.07) is 10.5. The Morgan fingerprint density at radius 1 is 0.952 bits per heavy atom. The maximum atomic E-state index is 13.0. The summed E-state index contributed by atoms with van der Waals surface area (Å²) in [6.07, 6.45) is 9.20. The molecule has 2 heteroatoms. The molecule has 1 saturated heterocycles. The lowest BCUT2D eigenvalue weighted by molar-refractivity contribution is -0.124. The molecular formula is C19H27NO. The Morgan fingerprint density at radius 2 is 1.62 bits per heavy atom. The predicted octanol–water partition coefficient (Wildman–Crippen LogP) is 3.94. The number of ketones is 1. The summed E-state index contributed by atoms with van der Waals surface area (Å²) in [7, 11) is 0. The first kappa shape index (κ1) is 14.8. The highest BCUT2D eigenvalue weighted by molar-refractivity contribution is 5.90. The molecule has 1 aliphatic carbocycles. The van der Waals surface area contributed by atoms with Crippen molar-refractivity contribution in [2.45, 2.75) is 56.8 Å². The second-order valence-electron chi connectivity index (χ2n) is 6.73. The number of hydrogen-bond acceptors (Lipinski definition) is 2. The van der Waals surface area contributed by atoms with Gasteiger partial charge in [0.25, 0.3) is 0 Å². The van der Waals surface area contributed by atoms with Crippen molar-refractivity contribution in [2.75, 3.05) is 19.6 Å². The van der Waals surface area contributed by atoms with Gasteiger partial charge in [-0.2, -0.15) is 0 Å². The number of nitrogens with zero attached hydrogens (tertiary/aromatic N) is 1. The van der Waals surface area contributed by atoms with Gasteiger partial charge in [-0.15, -0.1) is 0 Å². The first-order valence-electron chi connectivity index (χ1n) is 8.62. The van der Waals surface area contributed by atoms with Crippen LogP contribution >= 0.6 is 0 Å². The third kappa shape index (κ3) is 3.21. The average molecular weight is 285 g/mol. The van der Waals surface area contributed by atoms with Gasteiger partial charge in [-0.3, -0.25) is 4.79 Å². The number of likely N-dealkylation sites (tertiary alicyclic amines) is 1. The molecule has 1 aromatic carbocycles. The molecule has 0 bridgehead atoms. The van der Waals surface area contributed by atoms with Gasteiger partial charge in [-0.05, 0) is 44.3 Å². The van der Waals surface area contributed by atoms with E-state index in [0.29, 0.717) is 5.78 Å². The highest BCUT2D eigenvalue weighted by Gasteiger charge is 2.41. The van der Waals surface area contributed by atoms with Crippen LogP contribution in [-0.4, -0.2) is 30.3 Å². The van der Waals surface area contributed by atoms with Crippen LogP contribution in [-0.2, 0) is 10.2 Å². The van der Waals surface area contributed by atoms with Gasteiger partial charge in [0.2, 0.25) is 0 Å². The van der Waals surface area contributed by atoms with Crippen LogP contribution in [0.3, 0.4) is 0 Å². The maximum absolute atomic E-state index is 13.0. The Hall–Kier alpha value is -1.15. The molecule has 21 heavy (non-hydrogen) atoms. The van der Waals surface area contributed by atoms with Crippen LogP contribution in [0.1, 0.15) is 56.9 Å². The molecule has 1 heterocycles. The lowest BCUT2D eigenvalue weighted by Crippen LogP contribution is -2.37. The molecule has 0 atom stereocenters. The predicted molar refractivity (Wildman–Crippen MR) is 86.5 cm³/mol. The van der Waals surface area contributed by atoms with Gasteiger partial charge in [0.15, 0.2) is 0 Å². The zero-order valence-electron chi connectivity index (χ0n) is 13.0. The SMILES string of the molecule is O=C(CCN1CCCCC1)C1(c2ccccc2)CCCC1. The Labute approximate surface area is 128 Å². The largest absolute Gasteiger partial charge is 0.303 e. The molecule has 3 rings (SSSR count). The summed E-state index contributed by atoms with van der Waals surface area (Å²) in [5, 5.41) is 0. The van der Waals surface area contributed by atoms with E-state index in [0.717, 1.165) is 25.8 Å². The van der Waals surface area contributed by atoms with Gasteiger partial charge < -0.3 is 4.90 Å². The summed E-state index contributed by atoms with van der Waals surface area (Å²) in [5.74, 6) is 0.483. The first-order chi connectivity index (χ1) is 10.3. The zero-order valence-corrected chi connectivity index (χ0v) is 13.0. The van der Waals surface area contributed by atoms with Crippen LogP contribution in [0, 0.1) is 0 Å². The summed E-state index contributed by atoms with van der Waals surface area (Å²) >= 11 is 0. The van der Waals surface area contributed by atoms with Gasteiger partial charge in [0.1, 0.15) is 5.78 Å². The average Bonchev–Trinajstić information content (AvgIpc) is 3.05. The minimum atomic E-state index is -0.170. The van der Waals surface area contributed by atoms with Crippen LogP contribution in [0.5, 0.6) is 0 Å². The van der Waals surface area contributed by atoms with Crippen LogP contribution in [0.2, 0.25) is 0 Å². The van der Waals surface area contributed by atoms with Gasteiger partial charge in [-0.25, -0.2) is 0 Å². The van der Waals surface area contributed by atoms with E-state index in [1.165, 1.54) is 50.8 Å².